The van der Waals surface area contributed by atoms with Crippen LogP contribution in [0, 0.1) is 5.92 Å². The molecule has 2 N–H and O–H groups in total. The average Bonchev–Trinajstić information content (AvgIpc) is 2.86. The highest BCUT2D eigenvalue weighted by molar-refractivity contribution is 6.08. The first-order valence-electron chi connectivity index (χ1n) is 11.3. The molecule has 0 unspecified atom stereocenters. The summed E-state index contributed by atoms with van der Waals surface area (Å²) < 4.78 is 10.7. The predicted molar refractivity (Wildman–Crippen MR) is 124 cm³/mol. The van der Waals surface area contributed by atoms with Crippen molar-refractivity contribution in [1.82, 2.24) is 20.2 Å². The first kappa shape index (κ1) is 23.3. The van der Waals surface area contributed by atoms with Gasteiger partial charge in [-0.1, -0.05) is 6.07 Å². The number of anilines is 1. The second-order valence-corrected chi connectivity index (χ2v) is 7.80. The van der Waals surface area contributed by atoms with E-state index in [1.54, 1.807) is 44.4 Å². The zero-order valence-corrected chi connectivity index (χ0v) is 19.2. The lowest BCUT2D eigenvalue weighted by Crippen LogP contribution is -2.57. The van der Waals surface area contributed by atoms with E-state index in [2.05, 4.69) is 20.2 Å². The zero-order chi connectivity index (χ0) is 24.1. The summed E-state index contributed by atoms with van der Waals surface area (Å²) in [6.07, 6.45) is 3.41. The smallest absolute Gasteiger partial charge is 0.321 e. The maximum absolute atomic E-state index is 13.1. The fraction of sp³-hybridized carbons (Fsp3) is 0.435. The Bertz CT molecular complexity index is 1060. The Morgan fingerprint density at radius 1 is 1.12 bits per heavy atom. The van der Waals surface area contributed by atoms with Gasteiger partial charge in [-0.15, -0.1) is 0 Å². The van der Waals surface area contributed by atoms with Gasteiger partial charge in [0, 0.05) is 38.6 Å². The van der Waals surface area contributed by atoms with Crippen LogP contribution in [0.3, 0.4) is 0 Å². The van der Waals surface area contributed by atoms with Gasteiger partial charge in [-0.25, -0.2) is 15.0 Å². The van der Waals surface area contributed by atoms with E-state index in [0.29, 0.717) is 50.3 Å². The van der Waals surface area contributed by atoms with Crippen molar-refractivity contribution < 1.29 is 24.2 Å². The summed E-state index contributed by atoms with van der Waals surface area (Å²) in [5, 5.41) is 12.9. The van der Waals surface area contributed by atoms with Crippen LogP contribution in [-0.2, 0) is 14.3 Å². The van der Waals surface area contributed by atoms with Crippen LogP contribution in [0.1, 0.15) is 25.5 Å². The van der Waals surface area contributed by atoms with Crippen molar-refractivity contribution in [3.8, 4) is 11.5 Å². The van der Waals surface area contributed by atoms with E-state index in [0.717, 1.165) is 0 Å². The lowest BCUT2D eigenvalue weighted by atomic mass is 9.91. The van der Waals surface area contributed by atoms with Crippen LogP contribution in [0.15, 0.2) is 41.7 Å². The van der Waals surface area contributed by atoms with Gasteiger partial charge in [0.05, 0.1) is 13.2 Å². The maximum atomic E-state index is 13.1. The minimum Gasteiger partial charge on any atom is -0.504 e. The van der Waals surface area contributed by atoms with Crippen molar-refractivity contribution in [2.24, 2.45) is 10.9 Å². The normalized spacial score (nSPS) is 20.4. The Kier molecular flexibility index (Phi) is 7.09. The van der Waals surface area contributed by atoms with Crippen molar-refractivity contribution in [1.29, 1.82) is 0 Å². The number of nitrogens with one attached hydrogen (secondary N) is 1. The lowest BCUT2D eigenvalue weighted by molar-refractivity contribution is -0.153. The van der Waals surface area contributed by atoms with Crippen LogP contribution in [0.25, 0.3) is 0 Å². The molecule has 0 radical (unpaired) electrons. The molecule has 2 atom stereocenters. The molecule has 1 amide bonds. The molecule has 1 saturated heterocycles. The maximum Gasteiger partial charge on any atom is 0.321 e. The standard InChI is InChI=1S/C23H28N6O5/c1-3-33-17-14-15(6-7-16(17)30)19-18(21(32)34-4-2)20(31)27-23(26-19)29-12-10-28(11-13-29)22-24-8-5-9-25-22/h5-9,14,18-19,30H,3-4,10-13H2,1-2H3,(H,26,27,31)/t18-,19-/m0/s1. The van der Waals surface area contributed by atoms with Crippen LogP contribution in [0.2, 0.25) is 0 Å². The molecule has 11 nitrogen and oxygen atoms in total. The number of rotatable bonds is 6. The third-order valence-corrected chi connectivity index (χ3v) is 5.67. The van der Waals surface area contributed by atoms with Gasteiger partial charge in [-0.3, -0.25) is 14.9 Å². The van der Waals surface area contributed by atoms with Crippen molar-refractivity contribution in [2.45, 2.75) is 19.9 Å². The number of carbonyl (C=O) groups excluding carboxylic acids is 2. The van der Waals surface area contributed by atoms with Crippen LogP contribution in [-0.4, -0.2) is 77.2 Å². The number of aromatic hydroxyl groups is 1. The SMILES string of the molecule is CCOC(=O)[C@@H]1C(=O)NC(N2CCN(c3ncccn3)CC2)=N[C@H]1c1ccc(O)c(OCC)c1. The van der Waals surface area contributed by atoms with Gasteiger partial charge in [-0.05, 0) is 37.6 Å². The number of carbonyl (C=O) groups is 2. The molecule has 1 fully saturated rings. The highest BCUT2D eigenvalue weighted by atomic mass is 16.5. The summed E-state index contributed by atoms with van der Waals surface area (Å²) in [6, 6.07) is 5.67. The Labute approximate surface area is 197 Å². The molecule has 1 aromatic heterocycles. The van der Waals surface area contributed by atoms with Crippen LogP contribution in [0.5, 0.6) is 11.5 Å². The van der Waals surface area contributed by atoms with Gasteiger partial charge in [0.1, 0.15) is 6.04 Å². The first-order valence-corrected chi connectivity index (χ1v) is 11.3. The Morgan fingerprint density at radius 2 is 1.82 bits per heavy atom. The molecule has 11 heteroatoms. The minimum atomic E-state index is -1.15. The molecule has 3 heterocycles. The van der Waals surface area contributed by atoms with Crippen LogP contribution >= 0.6 is 0 Å². The molecular weight excluding hydrogens is 440 g/mol. The summed E-state index contributed by atoms with van der Waals surface area (Å²) in [7, 11) is 0. The third-order valence-electron chi connectivity index (χ3n) is 5.67. The number of aromatic nitrogens is 2. The summed E-state index contributed by atoms with van der Waals surface area (Å²) in [4.78, 5) is 43.1. The van der Waals surface area contributed by atoms with Gasteiger partial charge >= 0.3 is 5.97 Å². The Morgan fingerprint density at radius 3 is 2.50 bits per heavy atom. The topological polar surface area (TPSA) is 129 Å². The van der Waals surface area contributed by atoms with Gasteiger partial charge in [-0.2, -0.15) is 0 Å². The first-order chi connectivity index (χ1) is 16.5. The molecular formula is C23H28N6O5. The number of aliphatic imine (C=N–C) groups is 1. The number of guanidine groups is 1. The highest BCUT2D eigenvalue weighted by Crippen LogP contribution is 2.36. The van der Waals surface area contributed by atoms with Crippen molar-refractivity contribution in [2.75, 3.05) is 44.3 Å². The zero-order valence-electron chi connectivity index (χ0n) is 19.2. The van der Waals surface area contributed by atoms with E-state index in [1.165, 1.54) is 6.07 Å². The quantitative estimate of drug-likeness (QED) is 0.473. The second kappa shape index (κ2) is 10.4. The molecule has 2 aliphatic rings. The molecule has 4 rings (SSSR count). The lowest BCUT2D eigenvalue weighted by Gasteiger charge is -2.38. The van der Waals surface area contributed by atoms with E-state index in [4.69, 9.17) is 14.5 Å². The average molecular weight is 469 g/mol. The summed E-state index contributed by atoms with van der Waals surface area (Å²) in [6.45, 7) is 6.48. The summed E-state index contributed by atoms with van der Waals surface area (Å²) >= 11 is 0. The third kappa shape index (κ3) is 4.87. The fourth-order valence-corrected chi connectivity index (χ4v) is 4.02. The minimum absolute atomic E-state index is 0.0259. The molecule has 2 aliphatic heterocycles. The number of phenolic OH excluding ortho intramolecular Hbond substituents is 1. The van der Waals surface area contributed by atoms with Crippen molar-refractivity contribution >= 4 is 23.8 Å². The van der Waals surface area contributed by atoms with E-state index >= 15 is 0 Å². The second-order valence-electron chi connectivity index (χ2n) is 7.80. The number of nitrogens with zero attached hydrogens (tertiary/aromatic N) is 5. The van der Waals surface area contributed by atoms with E-state index in [9.17, 15) is 14.7 Å². The molecule has 0 bridgehead atoms. The number of hydrogen-bond donors (Lipinski definition) is 2. The molecule has 1 aromatic carbocycles. The molecule has 2 aromatic rings. The number of phenols is 1. The summed E-state index contributed by atoms with van der Waals surface area (Å²) in [5.41, 5.74) is 0.572. The fourth-order valence-electron chi connectivity index (χ4n) is 4.02. The van der Waals surface area contributed by atoms with Gasteiger partial charge in [0.15, 0.2) is 17.4 Å². The number of esters is 1. The number of hydrogen-bond acceptors (Lipinski definition) is 10. The van der Waals surface area contributed by atoms with Gasteiger partial charge < -0.3 is 24.4 Å². The Hall–Kier alpha value is -3.89. The van der Waals surface area contributed by atoms with Crippen molar-refractivity contribution in [3.63, 3.8) is 0 Å². The van der Waals surface area contributed by atoms with Crippen LogP contribution < -0.4 is 15.0 Å². The van der Waals surface area contributed by atoms with E-state index < -0.39 is 23.8 Å². The number of piperazine rings is 1. The number of benzene rings is 1. The predicted octanol–water partition coefficient (Wildman–Crippen LogP) is 1.11. The van der Waals surface area contributed by atoms with Crippen LogP contribution in [0.4, 0.5) is 5.95 Å². The molecule has 0 spiro atoms. The van der Waals surface area contributed by atoms with Gasteiger partial charge in [0.25, 0.3) is 0 Å². The number of amides is 1. The molecule has 0 aliphatic carbocycles. The largest absolute Gasteiger partial charge is 0.504 e. The highest BCUT2D eigenvalue weighted by Gasteiger charge is 2.42. The molecule has 0 saturated carbocycles. The molecule has 34 heavy (non-hydrogen) atoms. The van der Waals surface area contributed by atoms with Gasteiger partial charge in [0.2, 0.25) is 17.8 Å². The Balaban J connectivity index is 1.61. The number of ether oxygens (including phenoxy) is 2. The van der Waals surface area contributed by atoms with E-state index in [-0.39, 0.29) is 18.1 Å². The summed E-state index contributed by atoms with van der Waals surface area (Å²) in [5.74, 6) is -0.983. The molecule has 180 valence electrons. The van der Waals surface area contributed by atoms with E-state index in [1.807, 2.05) is 4.90 Å². The van der Waals surface area contributed by atoms with Crippen molar-refractivity contribution in [3.05, 3.63) is 42.2 Å². The monoisotopic (exact) mass is 468 g/mol.